The summed E-state index contributed by atoms with van der Waals surface area (Å²) in [6.07, 6.45) is 0. The van der Waals surface area contributed by atoms with E-state index >= 15 is 0 Å². The van der Waals surface area contributed by atoms with Gasteiger partial charge in [-0.15, -0.1) is 11.3 Å². The first kappa shape index (κ1) is 8.53. The minimum absolute atomic E-state index is 0.285. The maximum atomic E-state index is 9.37. The molecule has 62 valence electrons. The summed E-state index contributed by atoms with van der Waals surface area (Å²) >= 11 is 8.38. The van der Waals surface area contributed by atoms with Crippen LogP contribution in [0.1, 0.15) is 0 Å². The molecule has 2 rings (SSSR count). The summed E-state index contributed by atoms with van der Waals surface area (Å²) in [7, 11) is 0. The van der Waals surface area contributed by atoms with Crippen LogP contribution < -0.4 is 0 Å². The lowest BCUT2D eigenvalue weighted by Crippen LogP contribution is -1.68. The summed E-state index contributed by atoms with van der Waals surface area (Å²) in [5.41, 5.74) is 0. The molecule has 12 heavy (non-hydrogen) atoms. The molecule has 0 atom stereocenters. The number of halogens is 2. The highest BCUT2D eigenvalue weighted by Crippen LogP contribution is 2.38. The van der Waals surface area contributed by atoms with Gasteiger partial charge in [-0.05, 0) is 50.1 Å². The van der Waals surface area contributed by atoms with Gasteiger partial charge in [-0.25, -0.2) is 0 Å². The van der Waals surface area contributed by atoms with Crippen LogP contribution in [0, 0.1) is 0 Å². The van der Waals surface area contributed by atoms with Crippen LogP contribution in [0.3, 0.4) is 0 Å². The van der Waals surface area contributed by atoms with Crippen molar-refractivity contribution in [2.24, 2.45) is 0 Å². The molecule has 0 saturated carbocycles. The molecule has 1 aromatic carbocycles. The van der Waals surface area contributed by atoms with Gasteiger partial charge in [0.1, 0.15) is 5.75 Å². The van der Waals surface area contributed by atoms with E-state index in [1.165, 1.54) is 0 Å². The van der Waals surface area contributed by atoms with Gasteiger partial charge in [0.2, 0.25) is 0 Å². The van der Waals surface area contributed by atoms with Crippen LogP contribution in [-0.4, -0.2) is 5.11 Å². The van der Waals surface area contributed by atoms with Crippen molar-refractivity contribution in [1.29, 1.82) is 0 Å². The van der Waals surface area contributed by atoms with E-state index in [-0.39, 0.29) is 5.75 Å². The first-order valence-corrected chi connectivity index (χ1v) is 5.65. The second-order valence-electron chi connectivity index (χ2n) is 2.36. The SMILES string of the molecule is Oc1ccc2sc(Br)cc2c1Br. The monoisotopic (exact) mass is 306 g/mol. The van der Waals surface area contributed by atoms with E-state index in [2.05, 4.69) is 31.9 Å². The Labute approximate surface area is 90.3 Å². The smallest absolute Gasteiger partial charge is 0.130 e. The van der Waals surface area contributed by atoms with Crippen LogP contribution in [0.4, 0.5) is 0 Å². The van der Waals surface area contributed by atoms with Gasteiger partial charge in [-0.1, -0.05) is 0 Å². The van der Waals surface area contributed by atoms with Gasteiger partial charge in [-0.3, -0.25) is 0 Å². The Morgan fingerprint density at radius 1 is 1.25 bits per heavy atom. The number of thiophene rings is 1. The lowest BCUT2D eigenvalue weighted by Gasteiger charge is -1.96. The maximum absolute atomic E-state index is 9.37. The zero-order valence-electron chi connectivity index (χ0n) is 5.84. The van der Waals surface area contributed by atoms with Crippen molar-refractivity contribution < 1.29 is 5.11 Å². The average molecular weight is 308 g/mol. The number of rotatable bonds is 0. The Bertz CT molecular complexity index is 436. The Hall–Kier alpha value is -0.0600. The minimum Gasteiger partial charge on any atom is -0.507 e. The maximum Gasteiger partial charge on any atom is 0.130 e. The third-order valence-electron chi connectivity index (χ3n) is 1.58. The van der Waals surface area contributed by atoms with E-state index in [4.69, 9.17) is 0 Å². The first-order chi connectivity index (χ1) is 5.68. The number of phenolic OH excluding ortho intramolecular Hbond substituents is 1. The second-order valence-corrected chi connectivity index (χ2v) is 5.62. The molecule has 0 spiro atoms. The topological polar surface area (TPSA) is 20.2 Å². The standard InChI is InChI=1S/C8H4Br2OS/c9-7-3-4-6(12-7)2-1-5(11)8(4)10/h1-3,11H. The summed E-state index contributed by atoms with van der Waals surface area (Å²) in [4.78, 5) is 0. The van der Waals surface area contributed by atoms with Crippen molar-refractivity contribution in [3.8, 4) is 5.75 Å². The highest BCUT2D eigenvalue weighted by atomic mass is 79.9. The Morgan fingerprint density at radius 2 is 2.00 bits per heavy atom. The van der Waals surface area contributed by atoms with Gasteiger partial charge in [-0.2, -0.15) is 0 Å². The van der Waals surface area contributed by atoms with E-state index < -0.39 is 0 Å². The first-order valence-electron chi connectivity index (χ1n) is 3.25. The molecule has 1 aromatic heterocycles. The Balaban J connectivity index is 2.89. The number of fused-ring (bicyclic) bond motifs is 1. The Morgan fingerprint density at radius 3 is 2.75 bits per heavy atom. The zero-order valence-corrected chi connectivity index (χ0v) is 9.83. The van der Waals surface area contributed by atoms with Crippen LogP contribution in [0.15, 0.2) is 26.5 Å². The van der Waals surface area contributed by atoms with Crippen molar-refractivity contribution in [2.45, 2.75) is 0 Å². The van der Waals surface area contributed by atoms with Gasteiger partial charge in [0.15, 0.2) is 0 Å². The van der Waals surface area contributed by atoms with Crippen molar-refractivity contribution in [2.75, 3.05) is 0 Å². The lowest BCUT2D eigenvalue weighted by atomic mass is 10.2. The number of benzene rings is 1. The van der Waals surface area contributed by atoms with Gasteiger partial charge in [0, 0.05) is 10.1 Å². The van der Waals surface area contributed by atoms with Gasteiger partial charge >= 0.3 is 0 Å². The fraction of sp³-hybridized carbons (Fsp3) is 0. The zero-order chi connectivity index (χ0) is 8.72. The van der Waals surface area contributed by atoms with E-state index in [0.717, 1.165) is 18.3 Å². The highest BCUT2D eigenvalue weighted by molar-refractivity contribution is 9.11. The normalized spacial score (nSPS) is 10.8. The van der Waals surface area contributed by atoms with Gasteiger partial charge < -0.3 is 5.11 Å². The van der Waals surface area contributed by atoms with E-state index in [9.17, 15) is 5.11 Å². The summed E-state index contributed by atoms with van der Waals surface area (Å²) in [5.74, 6) is 0.285. The Kier molecular flexibility index (Phi) is 2.14. The third kappa shape index (κ3) is 1.28. The molecule has 0 aliphatic heterocycles. The van der Waals surface area contributed by atoms with Crippen molar-refractivity contribution in [1.82, 2.24) is 0 Å². The van der Waals surface area contributed by atoms with E-state index in [1.54, 1.807) is 17.4 Å². The molecule has 0 saturated heterocycles. The highest BCUT2D eigenvalue weighted by Gasteiger charge is 2.06. The van der Waals surface area contributed by atoms with Crippen LogP contribution in [0.25, 0.3) is 10.1 Å². The second kappa shape index (κ2) is 3.01. The summed E-state index contributed by atoms with van der Waals surface area (Å²) in [6.45, 7) is 0. The molecule has 0 unspecified atom stereocenters. The molecule has 1 N–H and O–H groups in total. The fourth-order valence-electron chi connectivity index (χ4n) is 1.04. The number of phenols is 1. The van der Waals surface area contributed by atoms with Crippen molar-refractivity contribution in [3.63, 3.8) is 0 Å². The molecule has 0 amide bonds. The quantitative estimate of drug-likeness (QED) is 0.776. The molecule has 0 radical (unpaired) electrons. The molecular weight excluding hydrogens is 304 g/mol. The molecule has 0 fully saturated rings. The van der Waals surface area contributed by atoms with Crippen molar-refractivity contribution in [3.05, 3.63) is 26.5 Å². The van der Waals surface area contributed by atoms with Crippen LogP contribution in [0.5, 0.6) is 5.75 Å². The van der Waals surface area contributed by atoms with Gasteiger partial charge in [0.05, 0.1) is 8.26 Å². The summed E-state index contributed by atoms with van der Waals surface area (Å²) < 4.78 is 3.00. The van der Waals surface area contributed by atoms with E-state index in [0.29, 0.717) is 0 Å². The number of aromatic hydroxyl groups is 1. The van der Waals surface area contributed by atoms with Crippen molar-refractivity contribution >= 4 is 53.3 Å². The molecule has 1 nitrogen and oxygen atoms in total. The molecular formula is C8H4Br2OS. The third-order valence-corrected chi connectivity index (χ3v) is 4.02. The predicted octanol–water partition coefficient (Wildman–Crippen LogP) is 4.13. The molecule has 2 aromatic rings. The number of hydrogen-bond acceptors (Lipinski definition) is 2. The lowest BCUT2D eigenvalue weighted by molar-refractivity contribution is 0.473. The summed E-state index contributed by atoms with van der Waals surface area (Å²) in [5, 5.41) is 10.4. The number of hydrogen-bond donors (Lipinski definition) is 1. The average Bonchev–Trinajstić information content (AvgIpc) is 2.39. The largest absolute Gasteiger partial charge is 0.507 e. The predicted molar refractivity (Wildman–Crippen MR) is 58.9 cm³/mol. The van der Waals surface area contributed by atoms with Crippen LogP contribution >= 0.6 is 43.2 Å². The van der Waals surface area contributed by atoms with Crippen LogP contribution in [-0.2, 0) is 0 Å². The molecule has 0 aliphatic rings. The molecule has 0 aliphatic carbocycles. The summed E-state index contributed by atoms with van der Waals surface area (Å²) in [6, 6.07) is 5.59. The molecule has 4 heteroatoms. The molecule has 0 bridgehead atoms. The van der Waals surface area contributed by atoms with Gasteiger partial charge in [0.25, 0.3) is 0 Å². The van der Waals surface area contributed by atoms with E-state index in [1.807, 2.05) is 12.1 Å². The molecule has 1 heterocycles. The fourth-order valence-corrected chi connectivity index (χ4v) is 3.17. The minimum atomic E-state index is 0.285. The van der Waals surface area contributed by atoms with Crippen LogP contribution in [0.2, 0.25) is 0 Å².